The van der Waals surface area contributed by atoms with E-state index in [0.29, 0.717) is 25.9 Å². The summed E-state index contributed by atoms with van der Waals surface area (Å²) in [4.78, 5) is 24.6. The Hall–Kier alpha value is -1.14. The lowest BCUT2D eigenvalue weighted by Crippen LogP contribution is -2.45. The van der Waals surface area contributed by atoms with Crippen molar-refractivity contribution in [2.45, 2.75) is 398 Å². The van der Waals surface area contributed by atoms with Crippen LogP contribution in [0.25, 0.3) is 0 Å². The maximum absolute atomic E-state index is 12.5. The van der Waals surface area contributed by atoms with Crippen LogP contribution in [0.15, 0.2) is 0 Å². The number of amides is 1. The fourth-order valence-corrected chi connectivity index (χ4v) is 10.8. The zero-order chi connectivity index (χ0) is 52.2. The second kappa shape index (κ2) is 62.4. The smallest absolute Gasteiger partial charge is 0.305 e. The topological polar surface area (TPSA) is 95.9 Å². The highest BCUT2D eigenvalue weighted by Gasteiger charge is 2.20. The summed E-state index contributed by atoms with van der Waals surface area (Å²) in [5.41, 5.74) is 0. The van der Waals surface area contributed by atoms with Gasteiger partial charge in [-0.1, -0.05) is 348 Å². The molecule has 0 spiro atoms. The number of aliphatic hydroxyl groups is 2. The molecule has 0 rings (SSSR count). The Bertz CT molecular complexity index is 1040. The maximum atomic E-state index is 12.5. The van der Waals surface area contributed by atoms with Gasteiger partial charge in [-0.25, -0.2) is 0 Å². The number of carbonyl (C=O) groups is 2. The minimum atomic E-state index is -0.665. The van der Waals surface area contributed by atoms with Crippen molar-refractivity contribution >= 4 is 11.9 Å². The van der Waals surface area contributed by atoms with Crippen molar-refractivity contribution in [2.24, 2.45) is 0 Å². The predicted molar refractivity (Wildman–Crippen MR) is 315 cm³/mol. The van der Waals surface area contributed by atoms with Gasteiger partial charge in [0.1, 0.15) is 0 Å². The lowest BCUT2D eigenvalue weighted by atomic mass is 10.0. The van der Waals surface area contributed by atoms with Gasteiger partial charge in [0, 0.05) is 12.8 Å². The van der Waals surface area contributed by atoms with Gasteiger partial charge in [0.25, 0.3) is 0 Å². The number of unbranched alkanes of at least 4 members (excludes halogenated alkanes) is 52. The summed E-state index contributed by atoms with van der Waals surface area (Å²) >= 11 is 0. The quantitative estimate of drug-likeness (QED) is 0.0417. The predicted octanol–water partition coefficient (Wildman–Crippen LogP) is 21.0. The van der Waals surface area contributed by atoms with Crippen LogP contribution in [0.3, 0.4) is 0 Å². The number of nitrogens with one attached hydrogen (secondary N) is 1. The highest BCUT2D eigenvalue weighted by atomic mass is 16.5. The van der Waals surface area contributed by atoms with E-state index in [2.05, 4.69) is 19.2 Å². The third-order valence-corrected chi connectivity index (χ3v) is 15.9. The van der Waals surface area contributed by atoms with Gasteiger partial charge < -0.3 is 20.3 Å². The van der Waals surface area contributed by atoms with Crippen molar-refractivity contribution < 1.29 is 24.5 Å². The number of rotatable bonds is 63. The molecule has 0 aliphatic carbocycles. The molecule has 2 unspecified atom stereocenters. The van der Waals surface area contributed by atoms with Crippen molar-refractivity contribution in [3.8, 4) is 0 Å². The summed E-state index contributed by atoms with van der Waals surface area (Å²) in [6, 6.07) is -0.542. The van der Waals surface area contributed by atoms with Crippen LogP contribution in [0.2, 0.25) is 0 Å². The van der Waals surface area contributed by atoms with Crippen LogP contribution in [0.5, 0.6) is 0 Å². The Kier molecular flexibility index (Phi) is 61.4. The third-order valence-electron chi connectivity index (χ3n) is 15.9. The maximum Gasteiger partial charge on any atom is 0.305 e. The third kappa shape index (κ3) is 58.1. The average Bonchev–Trinajstić information content (AvgIpc) is 3.38. The van der Waals surface area contributed by atoms with Gasteiger partial charge in [0.15, 0.2) is 0 Å². The van der Waals surface area contributed by atoms with Crippen LogP contribution < -0.4 is 5.32 Å². The summed E-state index contributed by atoms with van der Waals surface area (Å²) in [7, 11) is 0. The molecule has 0 aliphatic heterocycles. The molecule has 0 heterocycles. The fraction of sp³-hybridized carbons (Fsp3) is 0.970. The highest BCUT2D eigenvalue weighted by molar-refractivity contribution is 5.76. The molecule has 72 heavy (non-hydrogen) atoms. The molecule has 1 amide bonds. The Morgan fingerprint density at radius 1 is 0.333 bits per heavy atom. The second-order valence-corrected chi connectivity index (χ2v) is 23.2. The first-order valence-electron chi connectivity index (χ1n) is 33.3. The van der Waals surface area contributed by atoms with Gasteiger partial charge in [0.2, 0.25) is 5.91 Å². The second-order valence-electron chi connectivity index (χ2n) is 23.2. The lowest BCUT2D eigenvalue weighted by Gasteiger charge is -2.22. The molecule has 0 aromatic rings. The van der Waals surface area contributed by atoms with Crippen molar-refractivity contribution in [2.75, 3.05) is 13.2 Å². The van der Waals surface area contributed by atoms with Gasteiger partial charge in [-0.15, -0.1) is 0 Å². The molecule has 0 aromatic carbocycles. The number of esters is 1. The molecule has 6 heteroatoms. The lowest BCUT2D eigenvalue weighted by molar-refractivity contribution is -0.143. The van der Waals surface area contributed by atoms with Crippen molar-refractivity contribution in [3.05, 3.63) is 0 Å². The first-order valence-corrected chi connectivity index (χ1v) is 33.3. The van der Waals surface area contributed by atoms with Crippen LogP contribution in [-0.2, 0) is 14.3 Å². The normalized spacial score (nSPS) is 12.4. The van der Waals surface area contributed by atoms with Gasteiger partial charge in [-0.3, -0.25) is 9.59 Å². The Morgan fingerprint density at radius 2 is 0.569 bits per heavy atom. The summed E-state index contributed by atoms with van der Waals surface area (Å²) in [5.74, 6) is -0.0165. The molecule has 6 nitrogen and oxygen atoms in total. The van der Waals surface area contributed by atoms with Gasteiger partial charge >= 0.3 is 5.97 Å². The molecule has 0 bridgehead atoms. The number of hydrogen-bond acceptors (Lipinski definition) is 5. The van der Waals surface area contributed by atoms with Crippen molar-refractivity contribution in [1.82, 2.24) is 5.32 Å². The van der Waals surface area contributed by atoms with Crippen molar-refractivity contribution in [1.29, 1.82) is 0 Å². The molecule has 2 atom stereocenters. The van der Waals surface area contributed by atoms with Crippen LogP contribution in [0.4, 0.5) is 0 Å². The van der Waals surface area contributed by atoms with E-state index in [9.17, 15) is 19.8 Å². The number of ether oxygens (including phenoxy) is 1. The standard InChI is InChI=1S/C66H131NO5/c1-3-5-7-9-11-13-15-17-19-21-24-27-30-34-38-42-46-50-54-58-64(69)63(62-68)67-65(70)59-55-51-47-43-39-35-31-28-25-22-23-26-29-33-37-41-45-49-53-57-61-72-66(71)60-56-52-48-44-40-36-32-20-18-16-14-12-10-8-6-4-2/h63-64,68-69H,3-62H2,1-2H3,(H,67,70). The Labute approximate surface area is 451 Å². The first kappa shape index (κ1) is 70.9. The largest absolute Gasteiger partial charge is 0.466 e. The van der Waals surface area contributed by atoms with E-state index in [-0.39, 0.29) is 18.5 Å². The summed E-state index contributed by atoms with van der Waals surface area (Å²) in [6.45, 7) is 5.00. The molecule has 0 radical (unpaired) electrons. The van der Waals surface area contributed by atoms with E-state index >= 15 is 0 Å². The Balaban J connectivity index is 3.37. The minimum absolute atomic E-state index is 0.0155. The van der Waals surface area contributed by atoms with E-state index in [4.69, 9.17) is 4.74 Å². The minimum Gasteiger partial charge on any atom is -0.466 e. The van der Waals surface area contributed by atoms with E-state index in [1.165, 1.54) is 315 Å². The summed E-state index contributed by atoms with van der Waals surface area (Å²) in [5, 5.41) is 23.4. The molecule has 430 valence electrons. The highest BCUT2D eigenvalue weighted by Crippen LogP contribution is 2.19. The van der Waals surface area contributed by atoms with E-state index in [1.807, 2.05) is 0 Å². The molecule has 0 saturated carbocycles. The van der Waals surface area contributed by atoms with Crippen LogP contribution in [-0.4, -0.2) is 47.4 Å². The SMILES string of the molecule is CCCCCCCCCCCCCCCCCCCCCC(O)C(CO)NC(=O)CCCCCCCCCCCCCCCCCCCCCCOC(=O)CCCCCCCCCCCCCCCCCC. The Morgan fingerprint density at radius 3 is 0.847 bits per heavy atom. The van der Waals surface area contributed by atoms with Crippen LogP contribution in [0.1, 0.15) is 386 Å². The number of hydrogen-bond donors (Lipinski definition) is 3. The van der Waals surface area contributed by atoms with Gasteiger partial charge in [-0.2, -0.15) is 0 Å². The van der Waals surface area contributed by atoms with Crippen molar-refractivity contribution in [3.63, 3.8) is 0 Å². The summed E-state index contributed by atoms with van der Waals surface area (Å²) < 4.78 is 5.50. The molecule has 3 N–H and O–H groups in total. The zero-order valence-electron chi connectivity index (χ0n) is 49.2. The molecule has 0 aliphatic rings. The van der Waals surface area contributed by atoms with Gasteiger partial charge in [0.05, 0.1) is 25.4 Å². The summed E-state index contributed by atoms with van der Waals surface area (Å²) in [6.07, 6.45) is 74.1. The number of aliphatic hydroxyl groups excluding tert-OH is 2. The van der Waals surface area contributed by atoms with E-state index < -0.39 is 12.1 Å². The molecule has 0 saturated heterocycles. The van der Waals surface area contributed by atoms with E-state index in [1.54, 1.807) is 0 Å². The van der Waals surface area contributed by atoms with Gasteiger partial charge in [-0.05, 0) is 25.7 Å². The van der Waals surface area contributed by atoms with Crippen LogP contribution in [0, 0.1) is 0 Å². The fourth-order valence-electron chi connectivity index (χ4n) is 10.8. The first-order chi connectivity index (χ1) is 35.5. The monoisotopic (exact) mass is 1020 g/mol. The van der Waals surface area contributed by atoms with Crippen LogP contribution >= 0.6 is 0 Å². The van der Waals surface area contributed by atoms with E-state index in [0.717, 1.165) is 38.5 Å². The molecule has 0 fully saturated rings. The average molecular weight is 1020 g/mol. The molecular weight excluding hydrogens is 887 g/mol. The molecule has 0 aromatic heterocycles. The molecular formula is C66H131NO5. The zero-order valence-corrected chi connectivity index (χ0v) is 49.2. The number of carbonyl (C=O) groups excluding carboxylic acids is 2.